The number of anilines is 1. The first-order valence-corrected chi connectivity index (χ1v) is 7.03. The predicted octanol–water partition coefficient (Wildman–Crippen LogP) is 3.10. The molecule has 2 rings (SSSR count). The van der Waals surface area contributed by atoms with Crippen LogP contribution in [0.25, 0.3) is 6.08 Å². The number of hydrogen-bond donors (Lipinski definition) is 1. The highest BCUT2D eigenvalue weighted by molar-refractivity contribution is 8.27. The van der Waals surface area contributed by atoms with Crippen molar-refractivity contribution in [2.75, 3.05) is 19.0 Å². The minimum Gasteiger partial charge on any atom is -0.370 e. The van der Waals surface area contributed by atoms with Crippen LogP contribution in [0.15, 0.2) is 17.0 Å². The first-order valence-electron chi connectivity index (χ1n) is 4.58. The first kappa shape index (κ1) is 12.0. The van der Waals surface area contributed by atoms with E-state index in [1.54, 1.807) is 11.3 Å². The van der Waals surface area contributed by atoms with E-state index in [9.17, 15) is 0 Å². The van der Waals surface area contributed by atoms with Crippen molar-refractivity contribution in [2.45, 2.75) is 0 Å². The van der Waals surface area contributed by atoms with Gasteiger partial charge in [0, 0.05) is 19.0 Å². The SMILES string of the molecule is CN(C)c1ccc(/C=C2\SC(=S)NC2=S)s1. The lowest BCUT2D eigenvalue weighted by molar-refractivity contribution is 1.16. The number of hydrogen-bond acceptors (Lipinski definition) is 5. The van der Waals surface area contributed by atoms with Gasteiger partial charge in [-0.3, -0.25) is 0 Å². The van der Waals surface area contributed by atoms with Gasteiger partial charge in [-0.15, -0.1) is 11.3 Å². The zero-order chi connectivity index (χ0) is 11.7. The Morgan fingerprint density at radius 3 is 2.56 bits per heavy atom. The minimum absolute atomic E-state index is 0.731. The molecule has 0 atom stereocenters. The topological polar surface area (TPSA) is 15.3 Å². The van der Waals surface area contributed by atoms with Crippen molar-refractivity contribution in [3.63, 3.8) is 0 Å². The molecule has 1 N–H and O–H groups in total. The third-order valence-electron chi connectivity index (χ3n) is 1.97. The zero-order valence-corrected chi connectivity index (χ0v) is 12.1. The molecule has 0 bridgehead atoms. The molecule has 2 nitrogen and oxygen atoms in total. The van der Waals surface area contributed by atoms with E-state index < -0.39 is 0 Å². The van der Waals surface area contributed by atoms with E-state index in [2.05, 4.69) is 28.4 Å². The Hall–Kier alpha value is -0.430. The van der Waals surface area contributed by atoms with Crippen LogP contribution in [0, 0.1) is 0 Å². The van der Waals surface area contributed by atoms with Crippen molar-refractivity contribution in [3.05, 3.63) is 21.9 Å². The molecular formula is C10H10N2S4. The number of thiophene rings is 1. The molecule has 0 saturated carbocycles. The molecule has 0 radical (unpaired) electrons. The van der Waals surface area contributed by atoms with Crippen molar-refractivity contribution in [1.29, 1.82) is 0 Å². The van der Waals surface area contributed by atoms with Gasteiger partial charge in [0.25, 0.3) is 0 Å². The smallest absolute Gasteiger partial charge is 0.143 e. The molecule has 0 unspecified atom stereocenters. The lowest BCUT2D eigenvalue weighted by Crippen LogP contribution is -2.15. The maximum Gasteiger partial charge on any atom is 0.143 e. The predicted molar refractivity (Wildman–Crippen MR) is 82.5 cm³/mol. The highest BCUT2D eigenvalue weighted by Gasteiger charge is 2.18. The molecule has 84 valence electrons. The normalized spacial score (nSPS) is 18.0. The fourth-order valence-electron chi connectivity index (χ4n) is 1.21. The van der Waals surface area contributed by atoms with E-state index in [0.29, 0.717) is 0 Å². The Morgan fingerprint density at radius 2 is 2.06 bits per heavy atom. The molecule has 0 aromatic carbocycles. The Labute approximate surface area is 114 Å². The van der Waals surface area contributed by atoms with Crippen LogP contribution in [0.5, 0.6) is 0 Å². The molecule has 0 spiro atoms. The summed E-state index contributed by atoms with van der Waals surface area (Å²) in [4.78, 5) is 5.05. The second kappa shape index (κ2) is 4.83. The van der Waals surface area contributed by atoms with Crippen LogP contribution in [0.4, 0.5) is 5.00 Å². The van der Waals surface area contributed by atoms with Crippen molar-refractivity contribution in [3.8, 4) is 0 Å². The van der Waals surface area contributed by atoms with Crippen LogP contribution >= 0.6 is 47.5 Å². The van der Waals surface area contributed by atoms with Crippen LogP contribution in [0.3, 0.4) is 0 Å². The summed E-state index contributed by atoms with van der Waals surface area (Å²) < 4.78 is 0.737. The van der Waals surface area contributed by atoms with Gasteiger partial charge in [-0.05, 0) is 18.2 Å². The number of rotatable bonds is 2. The van der Waals surface area contributed by atoms with Crippen LogP contribution < -0.4 is 10.2 Å². The van der Waals surface area contributed by atoms with Gasteiger partial charge in [0.1, 0.15) is 9.31 Å². The van der Waals surface area contributed by atoms with E-state index in [4.69, 9.17) is 24.4 Å². The molecule has 1 aliphatic rings. The van der Waals surface area contributed by atoms with Crippen LogP contribution in [-0.4, -0.2) is 23.4 Å². The largest absolute Gasteiger partial charge is 0.370 e. The number of thioether (sulfide) groups is 1. The molecule has 1 aromatic heterocycles. The van der Waals surface area contributed by atoms with Crippen molar-refractivity contribution in [1.82, 2.24) is 5.32 Å². The van der Waals surface area contributed by atoms with Gasteiger partial charge in [0.05, 0.1) is 9.91 Å². The fourth-order valence-corrected chi connectivity index (χ4v) is 3.63. The maximum atomic E-state index is 5.18. The summed E-state index contributed by atoms with van der Waals surface area (Å²) >= 11 is 13.5. The summed E-state index contributed by atoms with van der Waals surface area (Å²) in [5, 5.41) is 4.20. The molecule has 0 amide bonds. The van der Waals surface area contributed by atoms with E-state index in [0.717, 1.165) is 14.2 Å². The Kier molecular flexibility index (Phi) is 3.63. The molecule has 1 aromatic rings. The van der Waals surface area contributed by atoms with Gasteiger partial charge in [0.2, 0.25) is 0 Å². The van der Waals surface area contributed by atoms with Crippen molar-refractivity contribution in [2.24, 2.45) is 0 Å². The molecule has 0 aliphatic carbocycles. The van der Waals surface area contributed by atoms with Gasteiger partial charge >= 0.3 is 0 Å². The van der Waals surface area contributed by atoms with Crippen LogP contribution in [-0.2, 0) is 0 Å². The van der Waals surface area contributed by atoms with Crippen LogP contribution in [0.1, 0.15) is 4.88 Å². The second-order valence-electron chi connectivity index (χ2n) is 3.42. The zero-order valence-electron chi connectivity index (χ0n) is 8.81. The fraction of sp³-hybridized carbons (Fsp3) is 0.200. The van der Waals surface area contributed by atoms with Gasteiger partial charge in [-0.25, -0.2) is 0 Å². The van der Waals surface area contributed by atoms with E-state index >= 15 is 0 Å². The average Bonchev–Trinajstić information content (AvgIpc) is 2.75. The number of thiocarbonyl (C=S) groups is 2. The summed E-state index contributed by atoms with van der Waals surface area (Å²) in [6.45, 7) is 0. The molecule has 16 heavy (non-hydrogen) atoms. The Balaban J connectivity index is 2.22. The number of nitrogens with one attached hydrogen (secondary N) is 1. The second-order valence-corrected chi connectivity index (χ2v) is 6.64. The lowest BCUT2D eigenvalue weighted by Gasteiger charge is -2.06. The summed E-state index contributed by atoms with van der Waals surface area (Å²) in [6.07, 6.45) is 2.08. The van der Waals surface area contributed by atoms with Crippen LogP contribution in [0.2, 0.25) is 0 Å². The van der Waals surface area contributed by atoms with Gasteiger partial charge in [0.15, 0.2) is 0 Å². The van der Waals surface area contributed by atoms with Gasteiger partial charge in [-0.2, -0.15) is 0 Å². The molecule has 1 saturated heterocycles. The molecular weight excluding hydrogens is 276 g/mol. The monoisotopic (exact) mass is 286 g/mol. The summed E-state index contributed by atoms with van der Waals surface area (Å²) in [5.41, 5.74) is 0. The summed E-state index contributed by atoms with van der Waals surface area (Å²) in [5.74, 6) is 0. The average molecular weight is 286 g/mol. The standard InChI is InChI=1S/C10H10N2S4/c1-12(2)8-4-3-6(15-8)5-7-9(13)11-10(14)16-7/h3-5H,1-2H3,(H,11,13,14)/b7-5-. The third-order valence-corrected chi connectivity index (χ3v) is 4.80. The third kappa shape index (κ3) is 2.63. The molecule has 1 aliphatic heterocycles. The van der Waals surface area contributed by atoms with E-state index in [1.807, 2.05) is 14.1 Å². The lowest BCUT2D eigenvalue weighted by atomic mass is 10.4. The summed E-state index contributed by atoms with van der Waals surface area (Å²) in [7, 11) is 4.07. The maximum absolute atomic E-state index is 5.18. The molecule has 1 fully saturated rings. The first-order chi connectivity index (χ1) is 7.56. The summed E-state index contributed by atoms with van der Waals surface area (Å²) in [6, 6.07) is 4.20. The molecule has 2 heterocycles. The minimum atomic E-state index is 0.731. The highest BCUT2D eigenvalue weighted by atomic mass is 32.2. The van der Waals surface area contributed by atoms with Crippen molar-refractivity contribution >= 4 is 67.9 Å². The van der Waals surface area contributed by atoms with Gasteiger partial charge in [-0.1, -0.05) is 36.2 Å². The Morgan fingerprint density at radius 1 is 1.31 bits per heavy atom. The van der Waals surface area contributed by atoms with Gasteiger partial charge < -0.3 is 10.2 Å². The molecule has 6 heteroatoms. The Bertz CT molecular complexity index is 473. The highest BCUT2D eigenvalue weighted by Crippen LogP contribution is 2.31. The quantitative estimate of drug-likeness (QED) is 0.662. The number of nitrogens with zero attached hydrogens (tertiary/aromatic N) is 1. The van der Waals surface area contributed by atoms with Crippen molar-refractivity contribution < 1.29 is 0 Å². The van der Waals surface area contributed by atoms with E-state index in [1.165, 1.54) is 21.6 Å². The van der Waals surface area contributed by atoms with E-state index in [-0.39, 0.29) is 0 Å².